The molecule has 0 radical (unpaired) electrons. The highest BCUT2D eigenvalue weighted by molar-refractivity contribution is 5.93. The van der Waals surface area contributed by atoms with Crippen molar-refractivity contribution in [3.63, 3.8) is 0 Å². The van der Waals surface area contributed by atoms with Gasteiger partial charge in [-0.25, -0.2) is 0 Å². The van der Waals surface area contributed by atoms with Crippen molar-refractivity contribution in [1.29, 1.82) is 5.26 Å². The number of furan rings is 1. The minimum atomic E-state index is -0.465. The van der Waals surface area contributed by atoms with E-state index in [0.29, 0.717) is 16.9 Å². The van der Waals surface area contributed by atoms with Gasteiger partial charge in [-0.05, 0) is 67.8 Å². The average molecular weight is 332 g/mol. The van der Waals surface area contributed by atoms with E-state index in [4.69, 9.17) is 4.42 Å². The quantitative estimate of drug-likeness (QED) is 0.369. The Labute approximate surface area is 145 Å². The van der Waals surface area contributed by atoms with Crippen LogP contribution in [-0.4, -0.2) is 4.92 Å². The van der Waals surface area contributed by atoms with Gasteiger partial charge in [0, 0.05) is 23.1 Å². The number of nitro groups is 1. The van der Waals surface area contributed by atoms with E-state index < -0.39 is 4.92 Å². The van der Waals surface area contributed by atoms with Crippen molar-refractivity contribution in [2.45, 2.75) is 20.8 Å². The first kappa shape index (κ1) is 16.5. The fraction of sp³-hybridized carbons (Fsp3) is 0.150. The number of fused-ring (bicyclic) bond motifs is 1. The van der Waals surface area contributed by atoms with Gasteiger partial charge < -0.3 is 4.42 Å². The van der Waals surface area contributed by atoms with E-state index in [9.17, 15) is 15.4 Å². The molecular weight excluding hydrogens is 316 g/mol. The Hall–Kier alpha value is -3.39. The topological polar surface area (TPSA) is 80.1 Å². The zero-order chi connectivity index (χ0) is 18.1. The van der Waals surface area contributed by atoms with E-state index in [-0.39, 0.29) is 5.69 Å². The summed E-state index contributed by atoms with van der Waals surface area (Å²) in [4.78, 5) is 10.3. The fourth-order valence-corrected chi connectivity index (χ4v) is 2.71. The van der Waals surface area contributed by atoms with Crippen LogP contribution in [0.1, 0.15) is 28.0 Å². The monoisotopic (exact) mass is 332 g/mol. The molecule has 0 aliphatic rings. The normalized spacial score (nSPS) is 11.5. The van der Waals surface area contributed by atoms with Gasteiger partial charge in [-0.15, -0.1) is 0 Å². The highest BCUT2D eigenvalue weighted by Gasteiger charge is 2.12. The number of benzene rings is 2. The molecule has 0 bridgehead atoms. The summed E-state index contributed by atoms with van der Waals surface area (Å²) in [6.45, 7) is 6.03. The van der Waals surface area contributed by atoms with Crippen LogP contribution in [0.5, 0.6) is 0 Å². The molecule has 5 nitrogen and oxygen atoms in total. The van der Waals surface area contributed by atoms with Crippen molar-refractivity contribution in [3.05, 3.63) is 74.5 Å². The molecule has 0 fully saturated rings. The largest absolute Gasteiger partial charge is 0.456 e. The molecule has 0 aliphatic heterocycles. The summed E-state index contributed by atoms with van der Waals surface area (Å²) in [5.74, 6) is 0.620. The second kappa shape index (κ2) is 6.25. The van der Waals surface area contributed by atoms with Crippen LogP contribution in [0.15, 0.2) is 40.8 Å². The Balaban J connectivity index is 2.08. The van der Waals surface area contributed by atoms with Crippen molar-refractivity contribution in [1.82, 2.24) is 0 Å². The minimum absolute atomic E-state index is 0.00749. The molecule has 1 heterocycles. The molecule has 3 rings (SSSR count). The first-order chi connectivity index (χ1) is 11.9. The van der Waals surface area contributed by atoms with Gasteiger partial charge in [-0.1, -0.05) is 0 Å². The third-order valence-corrected chi connectivity index (χ3v) is 4.37. The summed E-state index contributed by atoms with van der Waals surface area (Å²) >= 11 is 0. The number of nitro benzene ring substituents is 1. The van der Waals surface area contributed by atoms with E-state index in [1.807, 2.05) is 26.8 Å². The summed E-state index contributed by atoms with van der Waals surface area (Å²) in [7, 11) is 0. The second-order valence-electron chi connectivity index (χ2n) is 6.00. The summed E-state index contributed by atoms with van der Waals surface area (Å²) in [6.07, 6.45) is 1.68. The van der Waals surface area contributed by atoms with E-state index in [1.165, 1.54) is 17.7 Å². The lowest BCUT2D eigenvalue weighted by Crippen LogP contribution is -1.88. The average Bonchev–Trinajstić information content (AvgIpc) is 2.88. The van der Waals surface area contributed by atoms with Crippen LogP contribution in [0.2, 0.25) is 0 Å². The lowest BCUT2D eigenvalue weighted by Gasteiger charge is -1.99. The number of non-ortho nitro benzene ring substituents is 1. The van der Waals surface area contributed by atoms with Crippen LogP contribution in [0.25, 0.3) is 22.6 Å². The molecule has 0 unspecified atom stereocenters. The Bertz CT molecular complexity index is 1050. The fourth-order valence-electron chi connectivity index (χ4n) is 2.71. The predicted molar refractivity (Wildman–Crippen MR) is 97.0 cm³/mol. The molecule has 5 heteroatoms. The van der Waals surface area contributed by atoms with Gasteiger partial charge in [0.05, 0.1) is 16.6 Å². The Morgan fingerprint density at radius 3 is 2.40 bits per heavy atom. The number of rotatable bonds is 3. The van der Waals surface area contributed by atoms with Crippen molar-refractivity contribution in [2.24, 2.45) is 0 Å². The predicted octanol–water partition coefficient (Wildman–Crippen LogP) is 5.33. The number of hydrogen-bond donors (Lipinski definition) is 0. The molecule has 124 valence electrons. The number of aryl methyl sites for hydroxylation is 3. The maximum Gasteiger partial charge on any atom is 0.269 e. The maximum absolute atomic E-state index is 10.8. The van der Waals surface area contributed by atoms with Crippen LogP contribution < -0.4 is 0 Å². The summed E-state index contributed by atoms with van der Waals surface area (Å²) in [5, 5.41) is 21.3. The van der Waals surface area contributed by atoms with Crippen molar-refractivity contribution < 1.29 is 9.34 Å². The van der Waals surface area contributed by atoms with Crippen LogP contribution in [-0.2, 0) is 0 Å². The summed E-state index contributed by atoms with van der Waals surface area (Å²) in [5.41, 5.74) is 5.08. The Morgan fingerprint density at radius 1 is 1.16 bits per heavy atom. The number of allylic oxidation sites excluding steroid dienone is 1. The maximum atomic E-state index is 10.8. The zero-order valence-corrected chi connectivity index (χ0v) is 14.2. The molecule has 2 aromatic carbocycles. The molecule has 0 spiro atoms. The van der Waals surface area contributed by atoms with Gasteiger partial charge in [-0.3, -0.25) is 10.1 Å². The second-order valence-corrected chi connectivity index (χ2v) is 6.00. The molecule has 0 saturated heterocycles. The van der Waals surface area contributed by atoms with Crippen LogP contribution >= 0.6 is 0 Å². The molecule has 3 aromatic rings. The summed E-state index contributed by atoms with van der Waals surface area (Å²) < 4.78 is 5.91. The molecule has 0 N–H and O–H groups in total. The number of nitriles is 1. The van der Waals surface area contributed by atoms with E-state index in [0.717, 1.165) is 22.1 Å². The first-order valence-corrected chi connectivity index (χ1v) is 7.77. The lowest BCUT2D eigenvalue weighted by atomic mass is 10.0. The highest BCUT2D eigenvalue weighted by Crippen LogP contribution is 2.30. The van der Waals surface area contributed by atoms with Crippen LogP contribution in [0, 0.1) is 42.2 Å². The first-order valence-electron chi connectivity index (χ1n) is 7.77. The lowest BCUT2D eigenvalue weighted by molar-refractivity contribution is -0.384. The number of hydrogen-bond acceptors (Lipinski definition) is 4. The molecular formula is C20H16N2O3. The third-order valence-electron chi connectivity index (χ3n) is 4.37. The van der Waals surface area contributed by atoms with Gasteiger partial charge in [0.15, 0.2) is 0 Å². The standard InChI is InChI=1S/C20H16N2O3/c1-12-8-18-14(3)19(25-20(18)9-13(12)2)10-16(11-21)15-4-6-17(7-5-15)22(23)24/h4-10H,1-3H3. The Kier molecular flexibility index (Phi) is 4.12. The van der Waals surface area contributed by atoms with E-state index in [1.54, 1.807) is 18.2 Å². The van der Waals surface area contributed by atoms with Gasteiger partial charge in [0.25, 0.3) is 5.69 Å². The van der Waals surface area contributed by atoms with Crippen LogP contribution in [0.4, 0.5) is 5.69 Å². The zero-order valence-electron chi connectivity index (χ0n) is 14.2. The SMILES string of the molecule is Cc1cc2oc(C=C(C#N)c3ccc([N+](=O)[O-])cc3)c(C)c2cc1C. The molecule has 25 heavy (non-hydrogen) atoms. The number of nitrogens with zero attached hydrogens (tertiary/aromatic N) is 2. The summed E-state index contributed by atoms with van der Waals surface area (Å²) in [6, 6.07) is 12.1. The smallest absolute Gasteiger partial charge is 0.269 e. The van der Waals surface area contributed by atoms with Crippen molar-refractivity contribution in [2.75, 3.05) is 0 Å². The molecule has 0 amide bonds. The van der Waals surface area contributed by atoms with Gasteiger partial charge in [0.1, 0.15) is 11.3 Å². The van der Waals surface area contributed by atoms with E-state index in [2.05, 4.69) is 12.1 Å². The molecule has 0 atom stereocenters. The van der Waals surface area contributed by atoms with Crippen molar-refractivity contribution >= 4 is 28.3 Å². The Morgan fingerprint density at radius 2 is 1.80 bits per heavy atom. The molecule has 1 aromatic heterocycles. The molecule has 0 saturated carbocycles. The van der Waals surface area contributed by atoms with Gasteiger partial charge in [-0.2, -0.15) is 5.26 Å². The van der Waals surface area contributed by atoms with Crippen LogP contribution in [0.3, 0.4) is 0 Å². The van der Waals surface area contributed by atoms with E-state index >= 15 is 0 Å². The van der Waals surface area contributed by atoms with Gasteiger partial charge >= 0.3 is 0 Å². The highest BCUT2D eigenvalue weighted by atomic mass is 16.6. The molecule has 0 aliphatic carbocycles. The van der Waals surface area contributed by atoms with Gasteiger partial charge in [0.2, 0.25) is 0 Å². The minimum Gasteiger partial charge on any atom is -0.456 e. The third kappa shape index (κ3) is 3.02. The van der Waals surface area contributed by atoms with Crippen molar-refractivity contribution in [3.8, 4) is 6.07 Å².